The maximum Gasteiger partial charge on any atom is 0.227 e. The summed E-state index contributed by atoms with van der Waals surface area (Å²) in [4.78, 5) is 15.6. The fourth-order valence-corrected chi connectivity index (χ4v) is 1.48. The van der Waals surface area contributed by atoms with E-state index < -0.39 is 0 Å². The number of rotatable bonds is 3. The van der Waals surface area contributed by atoms with Crippen LogP contribution >= 0.6 is 0 Å². The molecule has 0 aliphatic rings. The minimum Gasteiger partial charge on any atom is -0.508 e. The number of hydrogen-bond donors (Lipinski definition) is 2. The van der Waals surface area contributed by atoms with E-state index in [1.54, 1.807) is 19.1 Å². The smallest absolute Gasteiger partial charge is 0.227 e. The molecule has 0 atom stereocenters. The average molecular weight is 232 g/mol. The molecule has 0 radical (unpaired) electrons. The number of hydrogen-bond acceptors (Lipinski definition) is 5. The first kappa shape index (κ1) is 11.3. The number of carbonyl (C=O) groups is 1. The van der Waals surface area contributed by atoms with Gasteiger partial charge in [-0.05, 0) is 31.2 Å². The summed E-state index contributed by atoms with van der Waals surface area (Å²) in [5.74, 6) is 0.421. The predicted molar refractivity (Wildman–Crippen MR) is 61.7 cm³/mol. The minimum atomic E-state index is -0.278. The number of ketones is 1. The maximum atomic E-state index is 11.4. The average Bonchev–Trinajstić information content (AvgIpc) is 2.71. The van der Waals surface area contributed by atoms with Gasteiger partial charge in [-0.3, -0.25) is 4.79 Å². The van der Waals surface area contributed by atoms with E-state index in [1.165, 1.54) is 12.1 Å². The van der Waals surface area contributed by atoms with Crippen molar-refractivity contribution in [2.45, 2.75) is 6.92 Å². The molecule has 5 nitrogen and oxygen atoms in total. The summed E-state index contributed by atoms with van der Waals surface area (Å²) in [5.41, 5.74) is 6.48. The van der Waals surface area contributed by atoms with Crippen LogP contribution < -0.4 is 5.73 Å². The van der Waals surface area contributed by atoms with E-state index in [1.807, 2.05) is 0 Å². The summed E-state index contributed by atoms with van der Waals surface area (Å²) in [6, 6.07) is 6.38. The molecule has 0 aliphatic carbocycles. The van der Waals surface area contributed by atoms with E-state index in [4.69, 9.17) is 15.3 Å². The number of benzene rings is 1. The lowest BCUT2D eigenvalue weighted by molar-refractivity contribution is 0.0975. The summed E-state index contributed by atoms with van der Waals surface area (Å²) >= 11 is 0. The zero-order chi connectivity index (χ0) is 12.4. The van der Waals surface area contributed by atoms with Crippen LogP contribution in [0.3, 0.4) is 0 Å². The van der Waals surface area contributed by atoms with E-state index in [9.17, 15) is 4.79 Å². The number of aromatic hydroxyl groups is 1. The molecule has 0 saturated heterocycles. The highest BCUT2D eigenvalue weighted by Gasteiger charge is 2.16. The fourth-order valence-electron chi connectivity index (χ4n) is 1.48. The molecule has 0 fully saturated rings. The van der Waals surface area contributed by atoms with Crippen molar-refractivity contribution in [3.8, 4) is 17.2 Å². The lowest BCUT2D eigenvalue weighted by atomic mass is 10.2. The Labute approximate surface area is 97.9 Å². The van der Waals surface area contributed by atoms with Gasteiger partial charge in [0, 0.05) is 5.56 Å². The van der Waals surface area contributed by atoms with Crippen LogP contribution in [0.5, 0.6) is 5.75 Å². The SMILES string of the molecule is Cc1nc(-c2ccc(O)cc2)oc1C(=O)CN. The van der Waals surface area contributed by atoms with Gasteiger partial charge in [-0.25, -0.2) is 4.98 Å². The van der Waals surface area contributed by atoms with Crippen LogP contribution in [0.1, 0.15) is 16.2 Å². The zero-order valence-electron chi connectivity index (χ0n) is 9.30. The van der Waals surface area contributed by atoms with Crippen LogP contribution in [0.15, 0.2) is 28.7 Å². The second-order valence-corrected chi connectivity index (χ2v) is 3.61. The number of Topliss-reactive ketones (excluding diaryl/α,β-unsaturated/α-hetero) is 1. The van der Waals surface area contributed by atoms with Crippen molar-refractivity contribution in [2.75, 3.05) is 6.54 Å². The monoisotopic (exact) mass is 232 g/mol. The van der Waals surface area contributed by atoms with E-state index in [0.29, 0.717) is 17.1 Å². The van der Waals surface area contributed by atoms with E-state index in [-0.39, 0.29) is 23.8 Å². The Kier molecular flexibility index (Phi) is 2.93. The maximum absolute atomic E-state index is 11.4. The molecule has 2 rings (SSSR count). The van der Waals surface area contributed by atoms with Crippen molar-refractivity contribution in [1.29, 1.82) is 0 Å². The molecule has 1 heterocycles. The highest BCUT2D eigenvalue weighted by molar-refractivity contribution is 5.96. The molecule has 0 aliphatic heterocycles. The van der Waals surface area contributed by atoms with Crippen LogP contribution in [-0.2, 0) is 0 Å². The number of phenols is 1. The van der Waals surface area contributed by atoms with Gasteiger partial charge in [0.2, 0.25) is 11.7 Å². The van der Waals surface area contributed by atoms with Gasteiger partial charge in [-0.1, -0.05) is 0 Å². The molecular formula is C12H12N2O3. The molecular weight excluding hydrogens is 220 g/mol. The largest absolute Gasteiger partial charge is 0.508 e. The molecule has 3 N–H and O–H groups in total. The first-order valence-corrected chi connectivity index (χ1v) is 5.12. The molecule has 0 unspecified atom stereocenters. The van der Waals surface area contributed by atoms with Gasteiger partial charge in [-0.15, -0.1) is 0 Å². The number of nitrogens with two attached hydrogens (primary N) is 1. The van der Waals surface area contributed by atoms with Crippen molar-refractivity contribution in [3.05, 3.63) is 35.7 Å². The lowest BCUT2D eigenvalue weighted by Gasteiger charge is -1.95. The van der Waals surface area contributed by atoms with Gasteiger partial charge in [-0.2, -0.15) is 0 Å². The van der Waals surface area contributed by atoms with Gasteiger partial charge in [0.05, 0.1) is 12.2 Å². The number of oxazole rings is 1. The van der Waals surface area contributed by atoms with Crippen LogP contribution in [0.4, 0.5) is 0 Å². The molecule has 1 aromatic carbocycles. The highest BCUT2D eigenvalue weighted by Crippen LogP contribution is 2.23. The Bertz CT molecular complexity index is 543. The summed E-state index contributed by atoms with van der Waals surface area (Å²) in [6.45, 7) is 1.58. The van der Waals surface area contributed by atoms with Crippen molar-refractivity contribution in [1.82, 2.24) is 4.98 Å². The summed E-state index contributed by atoms with van der Waals surface area (Å²) in [5, 5.41) is 9.17. The molecule has 88 valence electrons. The Hall–Kier alpha value is -2.14. The van der Waals surface area contributed by atoms with E-state index in [0.717, 1.165) is 0 Å². The first-order valence-electron chi connectivity index (χ1n) is 5.12. The van der Waals surface area contributed by atoms with Gasteiger partial charge in [0.25, 0.3) is 0 Å². The topological polar surface area (TPSA) is 89.4 Å². The second-order valence-electron chi connectivity index (χ2n) is 3.61. The van der Waals surface area contributed by atoms with Crippen LogP contribution in [0, 0.1) is 6.92 Å². The van der Waals surface area contributed by atoms with Gasteiger partial charge in [0.15, 0.2) is 5.76 Å². The van der Waals surface area contributed by atoms with Gasteiger partial charge >= 0.3 is 0 Å². The van der Waals surface area contributed by atoms with Crippen molar-refractivity contribution < 1.29 is 14.3 Å². The lowest BCUT2D eigenvalue weighted by Crippen LogP contribution is -2.13. The third-order valence-corrected chi connectivity index (χ3v) is 2.35. The second kappa shape index (κ2) is 4.39. The fraction of sp³-hybridized carbons (Fsp3) is 0.167. The molecule has 0 bridgehead atoms. The third-order valence-electron chi connectivity index (χ3n) is 2.35. The predicted octanol–water partition coefficient (Wildman–Crippen LogP) is 1.50. The number of nitrogens with zero attached hydrogens (tertiary/aromatic N) is 1. The molecule has 0 saturated carbocycles. The zero-order valence-corrected chi connectivity index (χ0v) is 9.30. The molecule has 2 aromatic rings. The van der Waals surface area contributed by atoms with Crippen LogP contribution in [0.2, 0.25) is 0 Å². The Morgan fingerprint density at radius 1 is 1.41 bits per heavy atom. The number of aryl methyl sites for hydroxylation is 1. The van der Waals surface area contributed by atoms with Crippen LogP contribution in [0.25, 0.3) is 11.5 Å². The molecule has 0 amide bonds. The number of phenolic OH excluding ortho intramolecular Hbond substituents is 1. The highest BCUT2D eigenvalue weighted by atomic mass is 16.4. The van der Waals surface area contributed by atoms with Gasteiger partial charge < -0.3 is 15.3 Å². The number of carbonyl (C=O) groups excluding carboxylic acids is 1. The first-order chi connectivity index (χ1) is 8.11. The quantitative estimate of drug-likeness (QED) is 0.782. The van der Waals surface area contributed by atoms with Gasteiger partial charge in [0.1, 0.15) is 5.75 Å². The van der Waals surface area contributed by atoms with E-state index in [2.05, 4.69) is 4.98 Å². The Morgan fingerprint density at radius 3 is 2.65 bits per heavy atom. The Morgan fingerprint density at radius 2 is 2.06 bits per heavy atom. The molecule has 17 heavy (non-hydrogen) atoms. The molecule has 5 heteroatoms. The number of aromatic nitrogens is 1. The Balaban J connectivity index is 2.41. The third kappa shape index (κ3) is 2.19. The van der Waals surface area contributed by atoms with Crippen LogP contribution in [-0.4, -0.2) is 22.4 Å². The summed E-state index contributed by atoms with van der Waals surface area (Å²) in [6.07, 6.45) is 0. The van der Waals surface area contributed by atoms with Crippen molar-refractivity contribution >= 4 is 5.78 Å². The normalized spacial score (nSPS) is 10.5. The van der Waals surface area contributed by atoms with Crippen molar-refractivity contribution in [3.63, 3.8) is 0 Å². The minimum absolute atomic E-state index is 0.106. The standard InChI is InChI=1S/C12H12N2O3/c1-7-11(10(16)6-13)17-12(14-7)8-2-4-9(15)5-3-8/h2-5,15H,6,13H2,1H3. The van der Waals surface area contributed by atoms with Crippen molar-refractivity contribution in [2.24, 2.45) is 5.73 Å². The van der Waals surface area contributed by atoms with E-state index >= 15 is 0 Å². The molecule has 0 spiro atoms. The molecule has 1 aromatic heterocycles. The summed E-state index contributed by atoms with van der Waals surface area (Å²) < 4.78 is 5.37. The summed E-state index contributed by atoms with van der Waals surface area (Å²) in [7, 11) is 0.